The minimum absolute atomic E-state index is 0.119. The van der Waals surface area contributed by atoms with E-state index in [1.165, 1.54) is 22.7 Å². The van der Waals surface area contributed by atoms with E-state index in [0.717, 1.165) is 12.8 Å². The van der Waals surface area contributed by atoms with Crippen LogP contribution in [0.25, 0.3) is 0 Å². The van der Waals surface area contributed by atoms with Crippen molar-refractivity contribution in [2.24, 2.45) is 0 Å². The molecule has 1 amide bonds. The molecular weight excluding hydrogens is 402 g/mol. The van der Waals surface area contributed by atoms with Gasteiger partial charge in [0.15, 0.2) is 0 Å². The number of sulfonamides is 1. The number of benzene rings is 1. The topological polar surface area (TPSA) is 95.1 Å². The van der Waals surface area contributed by atoms with Gasteiger partial charge in [0, 0.05) is 57.6 Å². The first-order chi connectivity index (χ1) is 13.2. The molecule has 0 radical (unpaired) electrons. The molecule has 0 N–H and O–H groups in total. The summed E-state index contributed by atoms with van der Waals surface area (Å²) in [5.41, 5.74) is 0.463. The highest BCUT2D eigenvalue weighted by molar-refractivity contribution is 7.90. The Morgan fingerprint density at radius 3 is 2.00 bits per heavy atom. The lowest BCUT2D eigenvalue weighted by atomic mass is 10.2. The van der Waals surface area contributed by atoms with Crippen molar-refractivity contribution in [2.45, 2.75) is 17.7 Å². The van der Waals surface area contributed by atoms with Crippen LogP contribution in [0.2, 0.25) is 0 Å². The highest BCUT2D eigenvalue weighted by Gasteiger charge is 2.28. The van der Waals surface area contributed by atoms with Crippen LogP contribution >= 0.6 is 0 Å². The Bertz CT molecular complexity index is 899. The first-order valence-corrected chi connectivity index (χ1v) is 13.0. The molecule has 0 aromatic heterocycles. The number of sulfone groups is 1. The van der Waals surface area contributed by atoms with Crippen LogP contribution in [0.4, 0.5) is 0 Å². The van der Waals surface area contributed by atoms with Crippen LogP contribution in [0.1, 0.15) is 23.2 Å². The van der Waals surface area contributed by atoms with Crippen molar-refractivity contribution in [3.05, 3.63) is 29.8 Å². The van der Waals surface area contributed by atoms with Crippen molar-refractivity contribution in [1.29, 1.82) is 0 Å². The SMILES string of the molecule is CS(=O)(=O)CCN1CCN(C(=O)c2ccc(S(=O)(=O)N3CCCC3)cc2)CC1. The first-order valence-electron chi connectivity index (χ1n) is 9.46. The second-order valence-electron chi connectivity index (χ2n) is 7.40. The third kappa shape index (κ3) is 5.11. The van der Waals surface area contributed by atoms with Gasteiger partial charge in [-0.3, -0.25) is 9.69 Å². The maximum Gasteiger partial charge on any atom is 0.253 e. The van der Waals surface area contributed by atoms with Gasteiger partial charge in [0.1, 0.15) is 9.84 Å². The minimum Gasteiger partial charge on any atom is -0.336 e. The molecule has 2 heterocycles. The molecule has 0 atom stereocenters. The van der Waals surface area contributed by atoms with E-state index in [2.05, 4.69) is 0 Å². The van der Waals surface area contributed by atoms with Crippen LogP contribution < -0.4 is 0 Å². The fourth-order valence-electron chi connectivity index (χ4n) is 3.50. The Balaban J connectivity index is 1.58. The van der Waals surface area contributed by atoms with E-state index in [4.69, 9.17) is 0 Å². The molecule has 0 unspecified atom stereocenters. The van der Waals surface area contributed by atoms with Crippen LogP contribution in [0.15, 0.2) is 29.2 Å². The lowest BCUT2D eigenvalue weighted by Crippen LogP contribution is -2.49. The van der Waals surface area contributed by atoms with Gasteiger partial charge in [0.2, 0.25) is 10.0 Å². The smallest absolute Gasteiger partial charge is 0.253 e. The molecule has 156 valence electrons. The van der Waals surface area contributed by atoms with Gasteiger partial charge in [-0.2, -0.15) is 4.31 Å². The zero-order valence-corrected chi connectivity index (χ0v) is 17.7. The summed E-state index contributed by atoms with van der Waals surface area (Å²) in [6, 6.07) is 6.15. The molecule has 2 aliphatic rings. The van der Waals surface area contributed by atoms with Gasteiger partial charge >= 0.3 is 0 Å². The zero-order chi connectivity index (χ0) is 20.4. The van der Waals surface area contributed by atoms with Crippen molar-refractivity contribution in [3.8, 4) is 0 Å². The van der Waals surface area contributed by atoms with Gasteiger partial charge < -0.3 is 4.90 Å². The van der Waals surface area contributed by atoms with Crippen molar-refractivity contribution in [2.75, 3.05) is 57.8 Å². The standard InChI is InChI=1S/C18H27N3O5S2/c1-27(23,24)15-14-19-10-12-20(13-11-19)18(22)16-4-6-17(7-5-16)28(25,26)21-8-2-3-9-21/h4-7H,2-3,8-15H2,1H3. The largest absolute Gasteiger partial charge is 0.336 e. The van der Waals surface area contributed by atoms with E-state index < -0.39 is 19.9 Å². The maximum atomic E-state index is 12.7. The van der Waals surface area contributed by atoms with Crippen LogP contribution in [-0.2, 0) is 19.9 Å². The number of carbonyl (C=O) groups is 1. The number of rotatable bonds is 6. The third-order valence-corrected chi connectivity index (χ3v) is 8.08. The van der Waals surface area contributed by atoms with E-state index in [1.54, 1.807) is 17.0 Å². The monoisotopic (exact) mass is 429 g/mol. The Morgan fingerprint density at radius 1 is 0.893 bits per heavy atom. The predicted molar refractivity (Wildman–Crippen MR) is 106 cm³/mol. The molecule has 3 rings (SSSR count). The van der Waals surface area contributed by atoms with Gasteiger partial charge in [-0.1, -0.05) is 0 Å². The lowest BCUT2D eigenvalue weighted by Gasteiger charge is -2.34. The Kier molecular flexibility index (Phi) is 6.43. The van der Waals surface area contributed by atoms with Crippen LogP contribution in [0, 0.1) is 0 Å². The quantitative estimate of drug-likeness (QED) is 0.644. The van der Waals surface area contributed by atoms with Gasteiger partial charge in [-0.15, -0.1) is 0 Å². The molecule has 1 aromatic carbocycles. The average molecular weight is 430 g/mol. The Hall–Kier alpha value is -1.49. The summed E-state index contributed by atoms with van der Waals surface area (Å²) in [6.45, 7) is 3.88. The second-order valence-corrected chi connectivity index (χ2v) is 11.6. The molecule has 28 heavy (non-hydrogen) atoms. The van der Waals surface area contributed by atoms with Crippen molar-refractivity contribution >= 4 is 25.8 Å². The lowest BCUT2D eigenvalue weighted by molar-refractivity contribution is 0.0644. The highest BCUT2D eigenvalue weighted by atomic mass is 32.2. The summed E-state index contributed by atoms with van der Waals surface area (Å²) in [5, 5.41) is 0. The summed E-state index contributed by atoms with van der Waals surface area (Å²) in [6.07, 6.45) is 2.98. The number of nitrogens with zero attached hydrogens (tertiary/aromatic N) is 3. The normalized spacial score (nSPS) is 19.8. The number of hydrogen-bond donors (Lipinski definition) is 0. The number of hydrogen-bond acceptors (Lipinski definition) is 6. The number of amides is 1. The molecule has 1 aromatic rings. The molecule has 0 spiro atoms. The zero-order valence-electron chi connectivity index (χ0n) is 16.1. The summed E-state index contributed by atoms with van der Waals surface area (Å²) < 4.78 is 49.2. The molecular formula is C18H27N3O5S2. The summed E-state index contributed by atoms with van der Waals surface area (Å²) in [7, 11) is -6.47. The predicted octanol–water partition coefficient (Wildman–Crippen LogP) is 0.274. The van der Waals surface area contributed by atoms with E-state index in [9.17, 15) is 21.6 Å². The highest BCUT2D eigenvalue weighted by Crippen LogP contribution is 2.21. The molecule has 0 saturated carbocycles. The average Bonchev–Trinajstić information content (AvgIpc) is 3.21. The molecule has 2 saturated heterocycles. The van der Waals surface area contributed by atoms with E-state index in [-0.39, 0.29) is 16.6 Å². The fourth-order valence-corrected chi connectivity index (χ4v) is 5.61. The molecule has 2 aliphatic heterocycles. The van der Waals surface area contributed by atoms with E-state index >= 15 is 0 Å². The Morgan fingerprint density at radius 2 is 1.46 bits per heavy atom. The summed E-state index contributed by atoms with van der Waals surface area (Å²) >= 11 is 0. The van der Waals surface area contributed by atoms with Crippen LogP contribution in [-0.4, -0.2) is 94.7 Å². The van der Waals surface area contributed by atoms with Crippen molar-refractivity contribution in [1.82, 2.24) is 14.1 Å². The van der Waals surface area contributed by atoms with Crippen molar-refractivity contribution < 1.29 is 21.6 Å². The van der Waals surface area contributed by atoms with Gasteiger partial charge in [0.05, 0.1) is 10.6 Å². The molecule has 10 heteroatoms. The van der Waals surface area contributed by atoms with Gasteiger partial charge in [0.25, 0.3) is 5.91 Å². The fraction of sp³-hybridized carbons (Fsp3) is 0.611. The molecule has 8 nitrogen and oxygen atoms in total. The summed E-state index contributed by atoms with van der Waals surface area (Å²) in [5.74, 6) is -0.0126. The van der Waals surface area contributed by atoms with Gasteiger partial charge in [-0.25, -0.2) is 16.8 Å². The summed E-state index contributed by atoms with van der Waals surface area (Å²) in [4.78, 5) is 16.7. The third-order valence-electron chi connectivity index (χ3n) is 5.24. The molecule has 0 bridgehead atoms. The second kappa shape index (κ2) is 8.48. The van der Waals surface area contributed by atoms with E-state index in [1.807, 2.05) is 4.90 Å². The first kappa shape index (κ1) is 21.2. The maximum absolute atomic E-state index is 12.7. The number of carbonyl (C=O) groups excluding carboxylic acids is 1. The molecule has 0 aliphatic carbocycles. The van der Waals surface area contributed by atoms with Gasteiger partial charge in [-0.05, 0) is 37.1 Å². The Labute approximate surface area is 167 Å². The van der Waals surface area contributed by atoms with Crippen molar-refractivity contribution in [3.63, 3.8) is 0 Å². The van der Waals surface area contributed by atoms with Crippen LogP contribution in [0.5, 0.6) is 0 Å². The minimum atomic E-state index is -3.48. The molecule has 2 fully saturated rings. The van der Waals surface area contributed by atoms with E-state index in [0.29, 0.717) is 51.4 Å². The number of piperazine rings is 1. The van der Waals surface area contributed by atoms with Crippen LogP contribution in [0.3, 0.4) is 0 Å².